The van der Waals surface area contributed by atoms with Crippen molar-refractivity contribution < 1.29 is 5.11 Å². The zero-order valence-electron chi connectivity index (χ0n) is 14.8. The van der Waals surface area contributed by atoms with Gasteiger partial charge in [-0.3, -0.25) is 0 Å². The first-order chi connectivity index (χ1) is 11.4. The number of rotatable bonds is 3. The van der Waals surface area contributed by atoms with Gasteiger partial charge in [0.15, 0.2) is 0 Å². The van der Waals surface area contributed by atoms with Crippen molar-refractivity contribution in [2.24, 2.45) is 0 Å². The lowest BCUT2D eigenvalue weighted by atomic mass is 9.76. The fourth-order valence-electron chi connectivity index (χ4n) is 3.39. The van der Waals surface area contributed by atoms with Crippen molar-refractivity contribution in [1.82, 2.24) is 0 Å². The van der Waals surface area contributed by atoms with Crippen LogP contribution in [-0.2, 0) is 5.60 Å². The molecule has 122 valence electrons. The van der Waals surface area contributed by atoms with Gasteiger partial charge in [-0.2, -0.15) is 0 Å². The third kappa shape index (κ3) is 2.76. The predicted octanol–water partition coefficient (Wildman–Crippen LogP) is 5.20. The summed E-state index contributed by atoms with van der Waals surface area (Å²) in [5.41, 5.74) is 6.11. The first-order valence-electron chi connectivity index (χ1n) is 8.36. The quantitative estimate of drug-likeness (QED) is 0.658. The maximum Gasteiger partial charge on any atom is 0.141 e. The molecular weight excluding hydrogens is 292 g/mol. The average Bonchev–Trinajstić information content (AvgIpc) is 2.59. The molecule has 1 N–H and O–H groups in total. The Morgan fingerprint density at radius 3 is 1.54 bits per heavy atom. The van der Waals surface area contributed by atoms with Crippen LogP contribution in [0.1, 0.15) is 38.9 Å². The molecule has 24 heavy (non-hydrogen) atoms. The van der Waals surface area contributed by atoms with Gasteiger partial charge in [0.25, 0.3) is 0 Å². The fourth-order valence-corrected chi connectivity index (χ4v) is 3.39. The molecule has 0 unspecified atom stereocenters. The highest BCUT2D eigenvalue weighted by molar-refractivity contribution is 5.53. The number of aliphatic hydroxyl groups is 1. The van der Waals surface area contributed by atoms with E-state index in [0.29, 0.717) is 0 Å². The second-order valence-electron chi connectivity index (χ2n) is 6.71. The molecule has 0 radical (unpaired) electrons. The summed E-state index contributed by atoms with van der Waals surface area (Å²) in [7, 11) is 0. The van der Waals surface area contributed by atoms with Crippen molar-refractivity contribution in [3.05, 3.63) is 106 Å². The smallest absolute Gasteiger partial charge is 0.141 e. The summed E-state index contributed by atoms with van der Waals surface area (Å²) in [6.07, 6.45) is 0. The van der Waals surface area contributed by atoms with Crippen molar-refractivity contribution in [3.8, 4) is 0 Å². The lowest BCUT2D eigenvalue weighted by Crippen LogP contribution is -2.31. The Morgan fingerprint density at radius 2 is 1.08 bits per heavy atom. The molecule has 1 heteroatoms. The molecule has 3 rings (SSSR count). The molecule has 0 fully saturated rings. The Balaban J connectivity index is 2.38. The van der Waals surface area contributed by atoms with E-state index in [0.717, 1.165) is 38.9 Å². The van der Waals surface area contributed by atoms with E-state index in [2.05, 4.69) is 64.1 Å². The molecule has 0 aliphatic carbocycles. The van der Waals surface area contributed by atoms with Gasteiger partial charge in [0.05, 0.1) is 0 Å². The summed E-state index contributed by atoms with van der Waals surface area (Å²) in [6.45, 7) is 8.26. The van der Waals surface area contributed by atoms with Crippen molar-refractivity contribution in [1.29, 1.82) is 0 Å². The summed E-state index contributed by atoms with van der Waals surface area (Å²) in [5.74, 6) is 0. The Morgan fingerprint density at radius 1 is 0.625 bits per heavy atom. The van der Waals surface area contributed by atoms with Crippen LogP contribution in [0.3, 0.4) is 0 Å². The molecule has 0 aromatic heterocycles. The van der Waals surface area contributed by atoms with Crippen molar-refractivity contribution in [2.45, 2.75) is 33.3 Å². The van der Waals surface area contributed by atoms with Gasteiger partial charge in [-0.05, 0) is 55.5 Å². The van der Waals surface area contributed by atoms with Crippen LogP contribution in [0.5, 0.6) is 0 Å². The van der Waals surface area contributed by atoms with E-state index in [9.17, 15) is 5.11 Å². The molecule has 0 atom stereocenters. The minimum absolute atomic E-state index is 0.896. The molecule has 3 aromatic rings. The first kappa shape index (κ1) is 16.5. The number of hydrogen-bond donors (Lipinski definition) is 1. The average molecular weight is 316 g/mol. The topological polar surface area (TPSA) is 20.2 Å². The highest BCUT2D eigenvalue weighted by Crippen LogP contribution is 2.40. The van der Waals surface area contributed by atoms with Gasteiger partial charge >= 0.3 is 0 Å². The summed E-state index contributed by atoms with van der Waals surface area (Å²) in [4.78, 5) is 0. The lowest BCUT2D eigenvalue weighted by Gasteiger charge is -2.33. The maximum absolute atomic E-state index is 12.0. The molecule has 0 aliphatic rings. The second kappa shape index (κ2) is 6.26. The summed E-state index contributed by atoms with van der Waals surface area (Å²) in [5, 5.41) is 12.0. The molecule has 0 amide bonds. The summed E-state index contributed by atoms with van der Waals surface area (Å²) in [6, 6.07) is 22.5. The zero-order valence-corrected chi connectivity index (χ0v) is 14.8. The minimum Gasteiger partial charge on any atom is -0.376 e. The van der Waals surface area contributed by atoms with Gasteiger partial charge in [0, 0.05) is 0 Å². The van der Waals surface area contributed by atoms with E-state index < -0.39 is 5.60 Å². The van der Waals surface area contributed by atoms with Gasteiger partial charge in [-0.15, -0.1) is 0 Å². The van der Waals surface area contributed by atoms with Crippen molar-refractivity contribution >= 4 is 0 Å². The predicted molar refractivity (Wildman–Crippen MR) is 100 cm³/mol. The normalized spacial score (nSPS) is 11.5. The number of hydrogen-bond acceptors (Lipinski definition) is 1. The van der Waals surface area contributed by atoms with E-state index in [4.69, 9.17) is 0 Å². The van der Waals surface area contributed by atoms with Crippen molar-refractivity contribution in [3.63, 3.8) is 0 Å². The summed E-state index contributed by atoms with van der Waals surface area (Å²) < 4.78 is 0. The Labute approximate surface area is 144 Å². The zero-order chi connectivity index (χ0) is 17.3. The van der Waals surface area contributed by atoms with Gasteiger partial charge < -0.3 is 5.11 Å². The molecule has 0 saturated carbocycles. The Hall–Kier alpha value is -2.38. The highest BCUT2D eigenvalue weighted by Gasteiger charge is 2.36. The molecule has 0 saturated heterocycles. The summed E-state index contributed by atoms with van der Waals surface area (Å²) >= 11 is 0. The molecule has 0 heterocycles. The minimum atomic E-state index is -1.16. The molecule has 0 bridgehead atoms. The second-order valence-corrected chi connectivity index (χ2v) is 6.71. The van der Waals surface area contributed by atoms with Crippen LogP contribution in [0, 0.1) is 27.7 Å². The van der Waals surface area contributed by atoms with Crippen molar-refractivity contribution in [2.75, 3.05) is 0 Å². The van der Waals surface area contributed by atoms with Crippen LogP contribution < -0.4 is 0 Å². The number of aryl methyl sites for hydroxylation is 4. The van der Waals surface area contributed by atoms with E-state index in [-0.39, 0.29) is 0 Å². The number of benzene rings is 3. The molecular formula is C23H24O. The molecule has 1 nitrogen and oxygen atoms in total. The third-order valence-electron chi connectivity index (χ3n) is 4.76. The SMILES string of the molecule is Cc1ccc(C)c(C(O)(c2ccccc2)c2cc(C)ccc2C)c1. The molecule has 3 aromatic carbocycles. The standard InChI is InChI=1S/C23H24O/c1-16-10-12-18(3)21(14-16)23(24,20-8-6-5-7-9-20)22-15-17(2)11-13-19(22)4/h5-15,24H,1-4H3. The molecule has 0 spiro atoms. The van der Waals surface area contributed by atoms with E-state index in [1.807, 2.05) is 30.3 Å². The largest absolute Gasteiger partial charge is 0.376 e. The Bertz CT molecular complexity index is 811. The third-order valence-corrected chi connectivity index (χ3v) is 4.76. The molecule has 0 aliphatic heterocycles. The van der Waals surface area contributed by atoms with Gasteiger partial charge in [-0.25, -0.2) is 0 Å². The van der Waals surface area contributed by atoms with Crippen LogP contribution in [0.4, 0.5) is 0 Å². The van der Waals surface area contributed by atoms with Crippen LogP contribution in [0.25, 0.3) is 0 Å². The van der Waals surface area contributed by atoms with Crippen LogP contribution in [0.2, 0.25) is 0 Å². The van der Waals surface area contributed by atoms with E-state index in [1.165, 1.54) is 0 Å². The van der Waals surface area contributed by atoms with Gasteiger partial charge in [-0.1, -0.05) is 77.9 Å². The first-order valence-corrected chi connectivity index (χ1v) is 8.36. The van der Waals surface area contributed by atoms with Crippen LogP contribution in [-0.4, -0.2) is 5.11 Å². The lowest BCUT2D eigenvalue weighted by molar-refractivity contribution is 0.124. The van der Waals surface area contributed by atoms with Crippen LogP contribution in [0.15, 0.2) is 66.7 Å². The van der Waals surface area contributed by atoms with E-state index in [1.54, 1.807) is 0 Å². The van der Waals surface area contributed by atoms with Crippen LogP contribution >= 0.6 is 0 Å². The monoisotopic (exact) mass is 316 g/mol. The van der Waals surface area contributed by atoms with E-state index >= 15 is 0 Å². The van der Waals surface area contributed by atoms with Gasteiger partial charge in [0.2, 0.25) is 0 Å². The fraction of sp³-hybridized carbons (Fsp3) is 0.217. The maximum atomic E-state index is 12.0. The Kier molecular flexibility index (Phi) is 4.29. The highest BCUT2D eigenvalue weighted by atomic mass is 16.3. The van der Waals surface area contributed by atoms with Gasteiger partial charge in [0.1, 0.15) is 5.60 Å².